The Morgan fingerprint density at radius 3 is 2.33 bits per heavy atom. The molecule has 1 heterocycles. The first-order valence-corrected chi connectivity index (χ1v) is 10.4. The van der Waals surface area contributed by atoms with Gasteiger partial charge in [0, 0.05) is 16.1 Å². The van der Waals surface area contributed by atoms with E-state index in [-0.39, 0.29) is 17.3 Å². The number of rotatable bonds is 6. The van der Waals surface area contributed by atoms with Gasteiger partial charge < -0.3 is 20.5 Å². The minimum atomic E-state index is -0.996. The molecule has 3 aromatic rings. The number of hydrogen-bond donors (Lipinski definition) is 3. The molecule has 0 atom stereocenters. The van der Waals surface area contributed by atoms with Crippen LogP contribution in [-0.4, -0.2) is 28.8 Å². The van der Waals surface area contributed by atoms with E-state index in [0.717, 1.165) is 16.0 Å². The maximum Gasteiger partial charge on any atom is 0.341 e. The topological polar surface area (TPSA) is 87.7 Å². The first-order chi connectivity index (χ1) is 14.4. The number of carbonyl (C=O) groups excluding carboxylic acids is 1. The van der Waals surface area contributed by atoms with E-state index in [1.54, 1.807) is 19.1 Å². The van der Waals surface area contributed by atoms with Crippen molar-refractivity contribution in [1.29, 1.82) is 0 Å². The number of aromatic carboxylic acids is 1. The van der Waals surface area contributed by atoms with Crippen LogP contribution in [0.3, 0.4) is 0 Å². The molecule has 0 aliphatic heterocycles. The van der Waals surface area contributed by atoms with Crippen molar-refractivity contribution < 1.29 is 19.4 Å². The van der Waals surface area contributed by atoms with E-state index in [1.165, 1.54) is 23.5 Å². The molecule has 0 aliphatic rings. The molecule has 2 aromatic carbocycles. The first kappa shape index (κ1) is 21.5. The van der Waals surface area contributed by atoms with E-state index in [9.17, 15) is 9.59 Å². The lowest BCUT2D eigenvalue weighted by atomic mass is 10.0. The van der Waals surface area contributed by atoms with Crippen LogP contribution in [0, 0.1) is 6.92 Å². The zero-order valence-electron chi connectivity index (χ0n) is 16.4. The van der Waals surface area contributed by atoms with E-state index in [1.807, 2.05) is 37.3 Å². The molecule has 3 rings (SSSR count). The smallest absolute Gasteiger partial charge is 0.341 e. The molecule has 0 radical (unpaired) electrons. The van der Waals surface area contributed by atoms with Gasteiger partial charge in [-0.15, -0.1) is 11.3 Å². The average molecular weight is 441 g/mol. The highest BCUT2D eigenvalue weighted by Gasteiger charge is 2.24. The SMILES string of the molecule is CCOC(=O)c1c(NC(=S)Nc2ccc(C(=O)O)cc2)sc(C)c1-c1ccccc1. The van der Waals surface area contributed by atoms with Crippen molar-refractivity contribution in [3.63, 3.8) is 0 Å². The highest BCUT2D eigenvalue weighted by molar-refractivity contribution is 7.80. The third kappa shape index (κ3) is 4.84. The van der Waals surface area contributed by atoms with Gasteiger partial charge in [0.15, 0.2) is 5.11 Å². The Balaban J connectivity index is 1.88. The van der Waals surface area contributed by atoms with E-state index in [0.29, 0.717) is 16.3 Å². The van der Waals surface area contributed by atoms with Crippen LogP contribution in [-0.2, 0) is 4.74 Å². The molecular weight excluding hydrogens is 420 g/mol. The summed E-state index contributed by atoms with van der Waals surface area (Å²) in [6.07, 6.45) is 0. The summed E-state index contributed by atoms with van der Waals surface area (Å²) < 4.78 is 5.29. The number of carboxylic acids is 1. The summed E-state index contributed by atoms with van der Waals surface area (Å²) in [6, 6.07) is 15.9. The highest BCUT2D eigenvalue weighted by atomic mass is 32.1. The van der Waals surface area contributed by atoms with E-state index in [4.69, 9.17) is 22.1 Å². The number of ether oxygens (including phenoxy) is 1. The zero-order chi connectivity index (χ0) is 21.7. The Bertz CT molecular complexity index is 1080. The summed E-state index contributed by atoms with van der Waals surface area (Å²) >= 11 is 6.82. The quantitative estimate of drug-likeness (QED) is 0.349. The van der Waals surface area contributed by atoms with Gasteiger partial charge in [-0.05, 0) is 55.9 Å². The lowest BCUT2D eigenvalue weighted by Gasteiger charge is -2.12. The van der Waals surface area contributed by atoms with Crippen LogP contribution in [0.1, 0.15) is 32.5 Å². The normalized spacial score (nSPS) is 10.3. The Labute approximate surface area is 183 Å². The van der Waals surface area contributed by atoms with Gasteiger partial charge >= 0.3 is 11.9 Å². The summed E-state index contributed by atoms with van der Waals surface area (Å²) in [5.41, 5.74) is 2.99. The van der Waals surface area contributed by atoms with Crippen molar-refractivity contribution in [3.05, 3.63) is 70.6 Å². The number of anilines is 2. The van der Waals surface area contributed by atoms with Crippen LogP contribution in [0.5, 0.6) is 0 Å². The molecule has 0 fully saturated rings. The highest BCUT2D eigenvalue weighted by Crippen LogP contribution is 2.40. The van der Waals surface area contributed by atoms with Crippen molar-refractivity contribution in [1.82, 2.24) is 0 Å². The maximum atomic E-state index is 12.7. The molecule has 0 aliphatic carbocycles. The Morgan fingerprint density at radius 1 is 1.07 bits per heavy atom. The van der Waals surface area contributed by atoms with Crippen LogP contribution in [0.4, 0.5) is 10.7 Å². The maximum absolute atomic E-state index is 12.7. The number of nitrogens with one attached hydrogen (secondary N) is 2. The molecule has 8 heteroatoms. The second-order valence-corrected chi connectivity index (χ2v) is 7.92. The predicted molar refractivity (Wildman–Crippen MR) is 124 cm³/mol. The third-order valence-corrected chi connectivity index (χ3v) is 5.47. The van der Waals surface area contributed by atoms with Gasteiger partial charge in [-0.2, -0.15) is 0 Å². The Kier molecular flexibility index (Phi) is 6.81. The van der Waals surface area contributed by atoms with Crippen molar-refractivity contribution in [2.75, 3.05) is 17.2 Å². The minimum Gasteiger partial charge on any atom is -0.478 e. The molecule has 6 nitrogen and oxygen atoms in total. The van der Waals surface area contributed by atoms with Gasteiger partial charge in [0.25, 0.3) is 0 Å². The molecule has 0 bridgehead atoms. The lowest BCUT2D eigenvalue weighted by Crippen LogP contribution is -2.20. The molecule has 3 N–H and O–H groups in total. The molecule has 1 aromatic heterocycles. The van der Waals surface area contributed by atoms with Gasteiger partial charge in [-0.1, -0.05) is 30.3 Å². The van der Waals surface area contributed by atoms with E-state index < -0.39 is 11.9 Å². The van der Waals surface area contributed by atoms with Crippen molar-refractivity contribution in [3.8, 4) is 11.1 Å². The molecule has 0 spiro atoms. The van der Waals surface area contributed by atoms with Crippen molar-refractivity contribution >= 4 is 51.3 Å². The zero-order valence-corrected chi connectivity index (χ0v) is 18.0. The Hall–Kier alpha value is -3.23. The van der Waals surface area contributed by atoms with Crippen LogP contribution in [0.25, 0.3) is 11.1 Å². The predicted octanol–water partition coefficient (Wildman–Crippen LogP) is 5.41. The molecule has 0 amide bonds. The second kappa shape index (κ2) is 9.51. The standard InChI is InChI=1S/C22H20N2O4S2/c1-3-28-21(27)18-17(14-7-5-4-6-8-14)13(2)30-19(18)24-22(29)23-16-11-9-15(10-12-16)20(25)26/h4-12H,3H2,1-2H3,(H,25,26)(H2,23,24,29). The fourth-order valence-corrected chi connectivity index (χ4v) is 4.30. The molecular formula is C22H20N2O4S2. The number of esters is 1. The second-order valence-electron chi connectivity index (χ2n) is 6.29. The Morgan fingerprint density at radius 2 is 1.73 bits per heavy atom. The van der Waals surface area contributed by atoms with Crippen LogP contribution < -0.4 is 10.6 Å². The number of carbonyl (C=O) groups is 2. The van der Waals surface area contributed by atoms with Crippen LogP contribution in [0.15, 0.2) is 54.6 Å². The molecule has 0 unspecified atom stereocenters. The van der Waals surface area contributed by atoms with Crippen molar-refractivity contribution in [2.45, 2.75) is 13.8 Å². The van der Waals surface area contributed by atoms with E-state index in [2.05, 4.69) is 10.6 Å². The summed E-state index contributed by atoms with van der Waals surface area (Å²) in [6.45, 7) is 3.97. The summed E-state index contributed by atoms with van der Waals surface area (Å²) in [4.78, 5) is 24.7. The monoisotopic (exact) mass is 440 g/mol. The van der Waals surface area contributed by atoms with Crippen LogP contribution >= 0.6 is 23.6 Å². The molecule has 0 saturated carbocycles. The van der Waals surface area contributed by atoms with Gasteiger partial charge in [-0.3, -0.25) is 0 Å². The summed E-state index contributed by atoms with van der Waals surface area (Å²) in [5, 5.41) is 16.0. The number of aryl methyl sites for hydroxylation is 1. The molecule has 30 heavy (non-hydrogen) atoms. The fraction of sp³-hybridized carbons (Fsp3) is 0.136. The van der Waals surface area contributed by atoms with E-state index >= 15 is 0 Å². The third-order valence-electron chi connectivity index (χ3n) is 4.24. The summed E-state index contributed by atoms with van der Waals surface area (Å²) in [7, 11) is 0. The summed E-state index contributed by atoms with van der Waals surface area (Å²) in [5.74, 6) is -1.42. The number of thiocarbonyl (C=S) groups is 1. The van der Waals surface area contributed by atoms with Gasteiger partial charge in [-0.25, -0.2) is 9.59 Å². The largest absolute Gasteiger partial charge is 0.478 e. The number of hydrogen-bond acceptors (Lipinski definition) is 5. The number of benzene rings is 2. The van der Waals surface area contributed by atoms with Crippen LogP contribution in [0.2, 0.25) is 0 Å². The van der Waals surface area contributed by atoms with Gasteiger partial charge in [0.2, 0.25) is 0 Å². The molecule has 0 saturated heterocycles. The number of thiophene rings is 1. The van der Waals surface area contributed by atoms with Crippen molar-refractivity contribution in [2.24, 2.45) is 0 Å². The fourth-order valence-electron chi connectivity index (χ4n) is 2.94. The van der Waals surface area contributed by atoms with Gasteiger partial charge in [0.05, 0.1) is 12.2 Å². The van der Waals surface area contributed by atoms with Gasteiger partial charge in [0.1, 0.15) is 10.6 Å². The molecule has 154 valence electrons. The minimum absolute atomic E-state index is 0.186. The number of carboxylic acid groups (broad SMARTS) is 1. The first-order valence-electron chi connectivity index (χ1n) is 9.18. The average Bonchev–Trinajstić information content (AvgIpc) is 3.04. The lowest BCUT2D eigenvalue weighted by molar-refractivity contribution is 0.0528.